The van der Waals surface area contributed by atoms with Gasteiger partial charge in [0.1, 0.15) is 0 Å². The van der Waals surface area contributed by atoms with Gasteiger partial charge in [0.15, 0.2) is 0 Å². The molecule has 0 aromatic carbocycles. The molecular weight excluding hydrogens is 245 g/mol. The van der Waals surface area contributed by atoms with Gasteiger partial charge in [0.2, 0.25) is 5.91 Å². The van der Waals surface area contributed by atoms with E-state index in [-0.39, 0.29) is 37.8 Å². The molecule has 5 heteroatoms. The average Bonchev–Trinajstić information content (AvgIpc) is 2.97. The maximum absolute atomic E-state index is 11.3. The van der Waals surface area contributed by atoms with Crippen molar-refractivity contribution in [2.45, 2.75) is 32.1 Å². The zero-order valence-corrected chi connectivity index (χ0v) is 10.8. The quantitative estimate of drug-likeness (QED) is 0.447. The Morgan fingerprint density at radius 1 is 1.38 bits per heavy atom. The molecular formula is C11H17NO3V. The Morgan fingerprint density at radius 3 is 2.44 bits per heavy atom. The van der Waals surface area contributed by atoms with Crippen LogP contribution in [0.5, 0.6) is 0 Å². The number of rotatable bonds is 2. The fourth-order valence-electron chi connectivity index (χ4n) is 2.50. The molecule has 0 aromatic heterocycles. The molecule has 2 fully saturated rings. The second-order valence-corrected chi connectivity index (χ2v) is 4.55. The van der Waals surface area contributed by atoms with E-state index in [2.05, 4.69) is 0 Å². The molecule has 1 amide bonds. The van der Waals surface area contributed by atoms with Crippen molar-refractivity contribution in [1.29, 1.82) is 0 Å². The number of hydroxylamine groups is 1. The van der Waals surface area contributed by atoms with Gasteiger partial charge in [-0.2, -0.15) is 0 Å². The van der Waals surface area contributed by atoms with Crippen LogP contribution < -0.4 is 5.48 Å². The Hall–Kier alpha value is -0.316. The van der Waals surface area contributed by atoms with Crippen molar-refractivity contribution >= 4 is 12.2 Å². The van der Waals surface area contributed by atoms with Crippen LogP contribution in [0, 0.1) is 24.7 Å². The van der Waals surface area contributed by atoms with Crippen LogP contribution in [0.2, 0.25) is 0 Å². The second-order valence-electron chi connectivity index (χ2n) is 4.55. The molecule has 2 saturated carbocycles. The van der Waals surface area contributed by atoms with Crippen molar-refractivity contribution in [3.05, 3.63) is 7.43 Å². The first-order valence-corrected chi connectivity index (χ1v) is 5.02. The first kappa shape index (κ1) is 15.7. The molecule has 4 nitrogen and oxygen atoms in total. The van der Waals surface area contributed by atoms with E-state index in [9.17, 15) is 9.59 Å². The summed E-state index contributed by atoms with van der Waals surface area (Å²) >= 11 is 0. The summed E-state index contributed by atoms with van der Waals surface area (Å²) in [5.74, 6) is -1.12. The molecule has 2 rings (SSSR count). The van der Waals surface area contributed by atoms with Crippen LogP contribution in [-0.4, -0.2) is 17.4 Å². The summed E-state index contributed by atoms with van der Waals surface area (Å²) in [7, 11) is 0. The van der Waals surface area contributed by atoms with Gasteiger partial charge in [-0.25, -0.2) is 5.48 Å². The fraction of sp³-hybridized carbons (Fsp3) is 0.727. The van der Waals surface area contributed by atoms with Crippen LogP contribution in [0.15, 0.2) is 0 Å². The molecule has 0 aromatic rings. The van der Waals surface area contributed by atoms with E-state index in [0.29, 0.717) is 5.41 Å². The summed E-state index contributed by atoms with van der Waals surface area (Å²) in [6, 6.07) is 0. The molecule has 2 atom stereocenters. The van der Waals surface area contributed by atoms with Crippen LogP contribution in [0.25, 0.3) is 0 Å². The molecule has 1 radical (unpaired) electrons. The molecule has 1 spiro atoms. The third-order valence-electron chi connectivity index (χ3n) is 3.68. The number of nitrogens with one attached hydrogen (secondary N) is 1. The molecule has 16 heavy (non-hydrogen) atoms. The van der Waals surface area contributed by atoms with Crippen LogP contribution in [0.1, 0.15) is 32.1 Å². The molecule has 89 valence electrons. The Kier molecular flexibility index (Phi) is 5.73. The van der Waals surface area contributed by atoms with E-state index in [1.54, 1.807) is 5.48 Å². The number of carbonyl (C=O) groups excluding carboxylic acids is 2. The minimum absolute atomic E-state index is 0. The molecule has 2 aliphatic carbocycles. The van der Waals surface area contributed by atoms with Crippen molar-refractivity contribution in [1.82, 2.24) is 5.48 Å². The van der Waals surface area contributed by atoms with Gasteiger partial charge in [-0.05, 0) is 31.1 Å². The van der Waals surface area contributed by atoms with Crippen LogP contribution in [-0.2, 0) is 28.1 Å². The largest absolute Gasteiger partial charge is 2.00 e. The van der Waals surface area contributed by atoms with Crippen molar-refractivity contribution in [3.8, 4) is 0 Å². The van der Waals surface area contributed by atoms with Gasteiger partial charge in [0.25, 0.3) is 0 Å². The zero-order chi connectivity index (χ0) is 10.2. The van der Waals surface area contributed by atoms with E-state index in [4.69, 9.17) is 5.21 Å². The summed E-state index contributed by atoms with van der Waals surface area (Å²) in [5.41, 5.74) is 1.96. The standard InChI is InChI=1S/C10H14NO3.CH3.V/c12-6-7-1-2-10(3-4-10)5-8(7)9(13)11-14;;/h7-8,14H,1-5H2,(H,11,13);1H3;/q2*-1;+2. The van der Waals surface area contributed by atoms with Crippen LogP contribution in [0.4, 0.5) is 0 Å². The zero-order valence-electron chi connectivity index (χ0n) is 9.40. The molecule has 2 N–H and O–H groups in total. The summed E-state index contributed by atoms with van der Waals surface area (Å²) in [4.78, 5) is 21.9. The van der Waals surface area contributed by atoms with Gasteiger partial charge in [-0.3, -0.25) is 16.3 Å². The van der Waals surface area contributed by atoms with E-state index < -0.39 is 5.91 Å². The number of hydrogen-bond acceptors (Lipinski definition) is 3. The Bertz CT molecular complexity index is 266. The summed E-state index contributed by atoms with van der Waals surface area (Å²) < 4.78 is 0. The first-order valence-electron chi connectivity index (χ1n) is 5.02. The Balaban J connectivity index is 0.00000112. The minimum atomic E-state index is -0.427. The predicted octanol–water partition coefficient (Wildman–Crippen LogP) is 1.25. The van der Waals surface area contributed by atoms with E-state index in [1.807, 2.05) is 6.29 Å². The van der Waals surface area contributed by atoms with Gasteiger partial charge in [0.05, 0.1) is 0 Å². The van der Waals surface area contributed by atoms with E-state index >= 15 is 0 Å². The molecule has 0 aliphatic heterocycles. The summed E-state index contributed by atoms with van der Waals surface area (Å²) in [6.07, 6.45) is 6.74. The minimum Gasteiger partial charge on any atom is -0.541 e. The van der Waals surface area contributed by atoms with Crippen molar-refractivity contribution in [2.24, 2.45) is 17.3 Å². The first-order chi connectivity index (χ1) is 6.71. The van der Waals surface area contributed by atoms with Gasteiger partial charge in [0, 0.05) is 5.92 Å². The van der Waals surface area contributed by atoms with Crippen molar-refractivity contribution in [2.75, 3.05) is 0 Å². The normalized spacial score (nSPS) is 29.6. The van der Waals surface area contributed by atoms with Gasteiger partial charge in [-0.1, -0.05) is 6.42 Å². The van der Waals surface area contributed by atoms with Gasteiger partial charge < -0.3 is 12.2 Å². The Morgan fingerprint density at radius 2 is 2.00 bits per heavy atom. The van der Waals surface area contributed by atoms with Crippen LogP contribution >= 0.6 is 0 Å². The van der Waals surface area contributed by atoms with E-state index in [0.717, 1.165) is 32.1 Å². The monoisotopic (exact) mass is 262 g/mol. The van der Waals surface area contributed by atoms with Gasteiger partial charge >= 0.3 is 18.6 Å². The van der Waals surface area contributed by atoms with E-state index in [1.165, 1.54) is 0 Å². The third-order valence-corrected chi connectivity index (χ3v) is 3.68. The van der Waals surface area contributed by atoms with Crippen molar-refractivity contribution < 1.29 is 33.4 Å². The summed E-state index contributed by atoms with van der Waals surface area (Å²) in [6.45, 7) is 0. The topological polar surface area (TPSA) is 66.4 Å². The second kappa shape index (κ2) is 5.85. The number of amides is 1. The third kappa shape index (κ3) is 2.87. The molecule has 2 unspecified atom stereocenters. The average molecular weight is 262 g/mol. The molecule has 0 heterocycles. The predicted molar refractivity (Wildman–Crippen MR) is 54.5 cm³/mol. The fourth-order valence-corrected chi connectivity index (χ4v) is 2.50. The van der Waals surface area contributed by atoms with Crippen molar-refractivity contribution in [3.63, 3.8) is 0 Å². The SMILES string of the molecule is O=[C-]C1CCC2(CC2)CC1C(=O)NO.[CH3-].[V+2]. The number of carbonyl (C=O) groups is 1. The smallest absolute Gasteiger partial charge is 0.541 e. The maximum Gasteiger partial charge on any atom is 2.00 e. The molecule has 0 bridgehead atoms. The van der Waals surface area contributed by atoms with Gasteiger partial charge in [-0.15, -0.1) is 5.92 Å². The van der Waals surface area contributed by atoms with Crippen LogP contribution in [0.3, 0.4) is 0 Å². The molecule has 2 aliphatic rings. The molecule has 0 saturated heterocycles. The Labute approximate surface area is 108 Å². The maximum atomic E-state index is 11.3. The number of hydrogen-bond donors (Lipinski definition) is 2. The summed E-state index contributed by atoms with van der Waals surface area (Å²) in [5, 5.41) is 8.56.